The van der Waals surface area contributed by atoms with Gasteiger partial charge in [0.1, 0.15) is 0 Å². The van der Waals surface area contributed by atoms with Gasteiger partial charge in [-0.05, 0) is 12.8 Å². The molecule has 0 unspecified atom stereocenters. The summed E-state index contributed by atoms with van der Waals surface area (Å²) in [6, 6.07) is 0. The van der Waals surface area contributed by atoms with E-state index in [0.29, 0.717) is 0 Å². The summed E-state index contributed by atoms with van der Waals surface area (Å²) in [7, 11) is 0. The molecule has 0 aromatic heterocycles. The lowest BCUT2D eigenvalue weighted by Crippen LogP contribution is -2.14. The normalized spacial score (nSPS) is 14.6. The Balaban J connectivity index is 5.60. The van der Waals surface area contributed by atoms with Gasteiger partial charge in [-0.3, -0.25) is 0 Å². The van der Waals surface area contributed by atoms with Crippen LogP contribution < -0.4 is 0 Å². The average molecular weight is 324 g/mol. The fourth-order valence-corrected chi connectivity index (χ4v) is 1.61. The molecule has 8 heteroatoms. The second kappa shape index (κ2) is 9.72. The van der Waals surface area contributed by atoms with Gasteiger partial charge < -0.3 is 20.4 Å². The fourth-order valence-electron chi connectivity index (χ4n) is 1.61. The summed E-state index contributed by atoms with van der Waals surface area (Å²) in [5.74, 6) is -5.03. The Morgan fingerprint density at radius 1 is 0.652 bits per heavy atom. The summed E-state index contributed by atoms with van der Waals surface area (Å²) in [5, 5.41) is 34.7. The third kappa shape index (κ3) is 10.2. The molecule has 0 bridgehead atoms. The predicted octanol–water partition coefficient (Wildman–Crippen LogP) is 1.32. The van der Waals surface area contributed by atoms with Crippen LogP contribution in [-0.2, 0) is 19.2 Å². The van der Waals surface area contributed by atoms with Gasteiger partial charge in [-0.2, -0.15) is 0 Å². The van der Waals surface area contributed by atoms with Crippen molar-refractivity contribution < 1.29 is 39.6 Å². The Kier molecular flexibility index (Phi) is 8.38. The molecule has 0 aliphatic carbocycles. The van der Waals surface area contributed by atoms with Crippen LogP contribution in [0.1, 0.15) is 12.8 Å². The lowest BCUT2D eigenvalue weighted by Gasteiger charge is -2.22. The van der Waals surface area contributed by atoms with Crippen molar-refractivity contribution in [2.24, 2.45) is 5.41 Å². The molecule has 8 nitrogen and oxygen atoms in total. The zero-order valence-corrected chi connectivity index (χ0v) is 12.0. The zero-order valence-electron chi connectivity index (χ0n) is 12.0. The van der Waals surface area contributed by atoms with E-state index in [-0.39, 0.29) is 12.8 Å². The van der Waals surface area contributed by atoms with Crippen molar-refractivity contribution in [3.8, 4) is 0 Å². The fraction of sp³-hybridized carbons (Fsp3) is 0.200. The van der Waals surface area contributed by atoms with Crippen LogP contribution in [0, 0.1) is 5.41 Å². The molecule has 0 atom stereocenters. The molecule has 124 valence electrons. The summed E-state index contributed by atoms with van der Waals surface area (Å²) in [4.78, 5) is 42.5. The third-order valence-electron chi connectivity index (χ3n) is 2.61. The van der Waals surface area contributed by atoms with E-state index in [2.05, 4.69) is 0 Å². The second-order valence-corrected chi connectivity index (χ2v) is 4.41. The molecule has 0 saturated carbocycles. The number of aliphatic carboxylic acids is 4. The van der Waals surface area contributed by atoms with Crippen LogP contribution >= 0.6 is 0 Å². The van der Waals surface area contributed by atoms with Crippen LogP contribution in [0.3, 0.4) is 0 Å². The van der Waals surface area contributed by atoms with Gasteiger partial charge in [0.2, 0.25) is 0 Å². The first-order valence-corrected chi connectivity index (χ1v) is 6.33. The summed E-state index contributed by atoms with van der Waals surface area (Å²) in [6.45, 7) is 0. The molecule has 0 amide bonds. The highest BCUT2D eigenvalue weighted by atomic mass is 16.4. The molecule has 0 rings (SSSR count). The number of allylic oxidation sites excluding steroid dienone is 4. The van der Waals surface area contributed by atoms with Crippen molar-refractivity contribution in [2.75, 3.05) is 0 Å². The van der Waals surface area contributed by atoms with Crippen molar-refractivity contribution in [1.29, 1.82) is 0 Å². The molecule has 0 spiro atoms. The summed E-state index contributed by atoms with van der Waals surface area (Å²) in [6.07, 6.45) is 8.13. The van der Waals surface area contributed by atoms with Crippen molar-refractivity contribution >= 4 is 23.9 Å². The Morgan fingerprint density at radius 3 is 1.30 bits per heavy atom. The maximum absolute atomic E-state index is 10.7. The van der Waals surface area contributed by atoms with Gasteiger partial charge in [0, 0.05) is 29.7 Å². The van der Waals surface area contributed by atoms with E-state index in [1.54, 1.807) is 0 Å². The summed E-state index contributed by atoms with van der Waals surface area (Å²) in [5.41, 5.74) is -1.29. The van der Waals surface area contributed by atoms with Crippen LogP contribution in [0.4, 0.5) is 0 Å². The Labute approximate surface area is 131 Å². The number of rotatable bonds is 10. The number of carboxylic acids is 4. The summed E-state index contributed by atoms with van der Waals surface area (Å²) < 4.78 is 0. The van der Waals surface area contributed by atoms with E-state index in [1.807, 2.05) is 0 Å². The lowest BCUT2D eigenvalue weighted by atomic mass is 9.81. The van der Waals surface area contributed by atoms with Crippen molar-refractivity contribution in [1.82, 2.24) is 0 Å². The van der Waals surface area contributed by atoms with Gasteiger partial charge in [0.05, 0.1) is 0 Å². The minimum atomic E-state index is -1.29. The Morgan fingerprint density at radius 2 is 1.00 bits per heavy atom. The molecule has 23 heavy (non-hydrogen) atoms. The second-order valence-electron chi connectivity index (χ2n) is 4.41. The van der Waals surface area contributed by atoms with Gasteiger partial charge in [-0.1, -0.05) is 24.3 Å². The first-order chi connectivity index (χ1) is 10.7. The molecular formula is C15H16O8. The van der Waals surface area contributed by atoms with Gasteiger partial charge >= 0.3 is 23.9 Å². The molecule has 0 heterocycles. The molecule has 0 radical (unpaired) electrons. The zero-order chi connectivity index (χ0) is 17.9. The molecule has 0 saturated heterocycles. The number of hydrogen-bond donors (Lipinski definition) is 4. The Hall–Kier alpha value is -3.16. The predicted molar refractivity (Wildman–Crippen MR) is 78.8 cm³/mol. The van der Waals surface area contributed by atoms with E-state index < -0.39 is 29.3 Å². The van der Waals surface area contributed by atoms with Gasteiger partial charge in [-0.25, -0.2) is 19.2 Å². The molecule has 0 fully saturated rings. The topological polar surface area (TPSA) is 149 Å². The maximum Gasteiger partial charge on any atom is 0.328 e. The van der Waals surface area contributed by atoms with Gasteiger partial charge in [0.25, 0.3) is 0 Å². The first-order valence-electron chi connectivity index (χ1n) is 6.33. The van der Waals surface area contributed by atoms with Crippen LogP contribution in [0.15, 0.2) is 48.6 Å². The Bertz CT molecular complexity index is 520. The van der Waals surface area contributed by atoms with Crippen molar-refractivity contribution in [2.45, 2.75) is 12.8 Å². The SMILES string of the molecule is O=C(O)C=CCCC(C=CC(=O)O)(C=CC(=O)O)C=CC(=O)O. The van der Waals surface area contributed by atoms with Crippen LogP contribution in [-0.4, -0.2) is 44.3 Å². The van der Waals surface area contributed by atoms with Crippen LogP contribution in [0.5, 0.6) is 0 Å². The van der Waals surface area contributed by atoms with E-state index in [1.165, 1.54) is 6.08 Å². The quantitative estimate of drug-likeness (QED) is 0.439. The molecule has 0 aromatic carbocycles. The van der Waals surface area contributed by atoms with Crippen molar-refractivity contribution in [3.63, 3.8) is 0 Å². The van der Waals surface area contributed by atoms with E-state index in [0.717, 1.165) is 42.5 Å². The molecule has 0 aliphatic heterocycles. The van der Waals surface area contributed by atoms with Gasteiger partial charge in [-0.15, -0.1) is 0 Å². The van der Waals surface area contributed by atoms with E-state index >= 15 is 0 Å². The number of hydrogen-bond acceptors (Lipinski definition) is 4. The van der Waals surface area contributed by atoms with Crippen molar-refractivity contribution in [3.05, 3.63) is 48.6 Å². The molecule has 0 aromatic rings. The van der Waals surface area contributed by atoms with Gasteiger partial charge in [0.15, 0.2) is 0 Å². The van der Waals surface area contributed by atoms with E-state index in [9.17, 15) is 19.2 Å². The minimum absolute atomic E-state index is 0.0775. The number of carbonyl (C=O) groups is 4. The minimum Gasteiger partial charge on any atom is -0.478 e. The highest BCUT2D eigenvalue weighted by Crippen LogP contribution is 2.30. The molecular weight excluding hydrogens is 308 g/mol. The largest absolute Gasteiger partial charge is 0.478 e. The maximum atomic E-state index is 10.7. The number of carboxylic acid groups (broad SMARTS) is 4. The van der Waals surface area contributed by atoms with E-state index in [4.69, 9.17) is 20.4 Å². The molecule has 0 aliphatic rings. The highest BCUT2D eigenvalue weighted by molar-refractivity contribution is 5.82. The highest BCUT2D eigenvalue weighted by Gasteiger charge is 2.21. The van der Waals surface area contributed by atoms with Crippen LogP contribution in [0.2, 0.25) is 0 Å². The smallest absolute Gasteiger partial charge is 0.328 e. The van der Waals surface area contributed by atoms with Crippen LogP contribution in [0.25, 0.3) is 0 Å². The third-order valence-corrected chi connectivity index (χ3v) is 2.61. The standard InChI is InChI=1S/C15H16O8/c16-11(17)3-1-2-7-15(8-4-12(18)19,9-5-13(20)21)10-6-14(22)23/h1,3-6,8-10H,2,7H2,(H,16,17)(H,18,19)(H,20,21)(H,22,23). The monoisotopic (exact) mass is 324 g/mol. The lowest BCUT2D eigenvalue weighted by molar-refractivity contribution is -0.132. The average Bonchev–Trinajstić information content (AvgIpc) is 2.44. The first kappa shape index (κ1) is 19.8. The summed E-state index contributed by atoms with van der Waals surface area (Å²) >= 11 is 0. The molecule has 4 N–H and O–H groups in total.